The van der Waals surface area contributed by atoms with E-state index in [9.17, 15) is 4.79 Å². The van der Waals surface area contributed by atoms with Gasteiger partial charge in [0.15, 0.2) is 0 Å². The lowest BCUT2D eigenvalue weighted by molar-refractivity contribution is 1.06. The number of benzene rings is 1. The van der Waals surface area contributed by atoms with E-state index in [1.165, 1.54) is 5.56 Å². The molecule has 0 aliphatic carbocycles. The number of aryl methyl sites for hydroxylation is 1. The molecule has 0 aliphatic heterocycles. The summed E-state index contributed by atoms with van der Waals surface area (Å²) in [6.07, 6.45) is 0. The first-order valence-corrected chi connectivity index (χ1v) is 4.70. The van der Waals surface area contributed by atoms with Crippen LogP contribution >= 0.6 is 11.3 Å². The number of nitrogens with zero attached hydrogens (tertiary/aromatic N) is 1. The van der Waals surface area contributed by atoms with Crippen molar-refractivity contribution >= 4 is 11.3 Å². The second-order valence-corrected chi connectivity index (χ2v) is 3.75. The smallest absolute Gasteiger partial charge is 0.255 e. The highest BCUT2D eigenvalue weighted by Gasteiger charge is 2.01. The number of nitrogens with one attached hydrogen (secondary N) is 1. The molecule has 2 aromatic rings. The summed E-state index contributed by atoms with van der Waals surface area (Å²) in [6.45, 7) is 2.01. The van der Waals surface area contributed by atoms with Crippen molar-refractivity contribution < 1.29 is 0 Å². The van der Waals surface area contributed by atoms with Gasteiger partial charge >= 0.3 is 4.87 Å². The van der Waals surface area contributed by atoms with Crippen LogP contribution in [-0.2, 0) is 0 Å². The second kappa shape index (κ2) is 3.14. The number of hydrogen-bond acceptors (Lipinski definition) is 3. The maximum absolute atomic E-state index is 10.8. The van der Waals surface area contributed by atoms with Crippen LogP contribution in [0.1, 0.15) is 5.56 Å². The zero-order valence-electron chi connectivity index (χ0n) is 7.07. The molecule has 0 bridgehead atoms. The molecular weight excluding hydrogens is 184 g/mol. The fraction of sp³-hybridized carbons (Fsp3) is 0.111. The molecule has 2 rings (SSSR count). The van der Waals surface area contributed by atoms with Gasteiger partial charge in [-0.15, -0.1) is 0 Å². The van der Waals surface area contributed by atoms with Crippen LogP contribution in [0.4, 0.5) is 0 Å². The van der Waals surface area contributed by atoms with Gasteiger partial charge in [-0.3, -0.25) is 4.79 Å². The molecule has 1 aromatic heterocycles. The molecule has 0 saturated carbocycles. The van der Waals surface area contributed by atoms with Crippen molar-refractivity contribution in [3.05, 3.63) is 39.5 Å². The normalized spacial score (nSPS) is 10.2. The standard InChI is InChI=1S/C9H8N2OS/c1-6-3-2-4-7(5-6)8-10-11-9(12)13-8/h2-5H,1H3,(H,11,12). The largest absolute Gasteiger partial charge is 0.322 e. The third-order valence-corrected chi connectivity index (χ3v) is 2.50. The molecule has 0 spiro atoms. The minimum atomic E-state index is -0.114. The van der Waals surface area contributed by atoms with Crippen LogP contribution in [-0.4, -0.2) is 10.2 Å². The molecule has 0 radical (unpaired) electrons. The number of rotatable bonds is 1. The minimum Gasteiger partial charge on any atom is -0.255 e. The molecule has 0 saturated heterocycles. The number of aromatic amines is 1. The van der Waals surface area contributed by atoms with Crippen LogP contribution in [0.25, 0.3) is 10.6 Å². The van der Waals surface area contributed by atoms with Crippen molar-refractivity contribution in [2.75, 3.05) is 0 Å². The van der Waals surface area contributed by atoms with E-state index in [1.807, 2.05) is 31.2 Å². The van der Waals surface area contributed by atoms with E-state index in [-0.39, 0.29) is 4.87 Å². The number of hydrogen-bond donors (Lipinski definition) is 1. The molecule has 1 heterocycles. The molecule has 0 atom stereocenters. The molecule has 66 valence electrons. The summed E-state index contributed by atoms with van der Waals surface area (Å²) in [7, 11) is 0. The molecule has 4 heteroatoms. The Balaban J connectivity index is 2.52. The van der Waals surface area contributed by atoms with Gasteiger partial charge in [0.05, 0.1) is 0 Å². The maximum Gasteiger partial charge on any atom is 0.322 e. The van der Waals surface area contributed by atoms with Crippen molar-refractivity contribution in [2.24, 2.45) is 0 Å². The van der Waals surface area contributed by atoms with E-state index in [0.29, 0.717) is 0 Å². The van der Waals surface area contributed by atoms with Crippen LogP contribution < -0.4 is 4.87 Å². The van der Waals surface area contributed by atoms with Crippen molar-refractivity contribution in [2.45, 2.75) is 6.92 Å². The molecular formula is C9H8N2OS. The third kappa shape index (κ3) is 1.67. The van der Waals surface area contributed by atoms with Crippen molar-refractivity contribution in [1.82, 2.24) is 10.2 Å². The average Bonchev–Trinajstić information content (AvgIpc) is 2.52. The molecule has 1 aromatic carbocycles. The summed E-state index contributed by atoms with van der Waals surface area (Å²) in [4.78, 5) is 10.7. The van der Waals surface area contributed by atoms with Gasteiger partial charge in [-0.2, -0.15) is 5.10 Å². The monoisotopic (exact) mass is 192 g/mol. The first-order valence-electron chi connectivity index (χ1n) is 3.88. The first-order chi connectivity index (χ1) is 6.25. The van der Waals surface area contributed by atoms with Gasteiger partial charge in [0.2, 0.25) is 0 Å². The highest BCUT2D eigenvalue weighted by atomic mass is 32.1. The summed E-state index contributed by atoms with van der Waals surface area (Å²) >= 11 is 1.13. The highest BCUT2D eigenvalue weighted by Crippen LogP contribution is 2.18. The van der Waals surface area contributed by atoms with Crippen LogP contribution in [0.15, 0.2) is 29.1 Å². The molecule has 0 fully saturated rings. The summed E-state index contributed by atoms with van der Waals surface area (Å²) in [5.74, 6) is 0. The van der Waals surface area contributed by atoms with Crippen LogP contribution in [0.3, 0.4) is 0 Å². The molecule has 13 heavy (non-hydrogen) atoms. The zero-order valence-corrected chi connectivity index (χ0v) is 7.89. The average molecular weight is 192 g/mol. The summed E-state index contributed by atoms with van der Waals surface area (Å²) in [6, 6.07) is 7.92. The van der Waals surface area contributed by atoms with Crippen molar-refractivity contribution in [3.8, 4) is 10.6 Å². The molecule has 0 aliphatic rings. The van der Waals surface area contributed by atoms with Crippen molar-refractivity contribution in [1.29, 1.82) is 0 Å². The summed E-state index contributed by atoms with van der Waals surface area (Å²) < 4.78 is 0. The maximum atomic E-state index is 10.8. The van der Waals surface area contributed by atoms with Gasteiger partial charge in [-0.1, -0.05) is 35.1 Å². The zero-order chi connectivity index (χ0) is 9.26. The Morgan fingerprint density at radius 3 is 2.92 bits per heavy atom. The fourth-order valence-corrected chi connectivity index (χ4v) is 1.73. The van der Waals surface area contributed by atoms with Crippen LogP contribution in [0.5, 0.6) is 0 Å². The van der Waals surface area contributed by atoms with Gasteiger partial charge in [0.1, 0.15) is 5.01 Å². The number of aromatic nitrogens is 2. The van der Waals surface area contributed by atoms with Crippen LogP contribution in [0.2, 0.25) is 0 Å². The number of H-pyrrole nitrogens is 1. The topological polar surface area (TPSA) is 45.8 Å². The minimum absolute atomic E-state index is 0.114. The molecule has 1 N–H and O–H groups in total. The predicted octanol–water partition coefficient (Wildman–Crippen LogP) is 1.81. The van der Waals surface area contributed by atoms with E-state index in [1.54, 1.807) is 0 Å². The lowest BCUT2D eigenvalue weighted by Crippen LogP contribution is -1.90. The highest BCUT2D eigenvalue weighted by molar-refractivity contribution is 7.12. The lowest BCUT2D eigenvalue weighted by atomic mass is 10.1. The van der Waals surface area contributed by atoms with E-state index in [2.05, 4.69) is 10.2 Å². The third-order valence-electron chi connectivity index (χ3n) is 1.70. The summed E-state index contributed by atoms with van der Waals surface area (Å²) in [5, 5.41) is 7.05. The van der Waals surface area contributed by atoms with Crippen molar-refractivity contribution in [3.63, 3.8) is 0 Å². The van der Waals surface area contributed by atoms with E-state index >= 15 is 0 Å². The molecule has 3 nitrogen and oxygen atoms in total. The quantitative estimate of drug-likeness (QED) is 0.749. The second-order valence-electron chi connectivity index (χ2n) is 2.79. The predicted molar refractivity (Wildman–Crippen MR) is 52.9 cm³/mol. The van der Waals surface area contributed by atoms with Gasteiger partial charge in [0, 0.05) is 5.56 Å². The van der Waals surface area contributed by atoms with Crippen LogP contribution in [0, 0.1) is 6.92 Å². The van der Waals surface area contributed by atoms with E-state index < -0.39 is 0 Å². The Hall–Kier alpha value is -1.42. The van der Waals surface area contributed by atoms with Gasteiger partial charge in [0.25, 0.3) is 0 Å². The SMILES string of the molecule is Cc1cccc(-c2n[nH]c(=O)s2)c1. The Morgan fingerprint density at radius 1 is 1.46 bits per heavy atom. The van der Waals surface area contributed by atoms with Gasteiger partial charge < -0.3 is 0 Å². The van der Waals surface area contributed by atoms with Gasteiger partial charge in [-0.05, 0) is 13.0 Å². The Bertz CT molecular complexity index is 472. The Kier molecular flexibility index (Phi) is 1.98. The molecule has 0 amide bonds. The Labute approximate surface area is 79.1 Å². The first kappa shape index (κ1) is 8.19. The molecule has 0 unspecified atom stereocenters. The summed E-state index contributed by atoms with van der Waals surface area (Å²) in [5.41, 5.74) is 2.16. The van der Waals surface area contributed by atoms with Gasteiger partial charge in [-0.25, -0.2) is 5.10 Å². The fourth-order valence-electron chi connectivity index (χ4n) is 1.13. The lowest BCUT2D eigenvalue weighted by Gasteiger charge is -1.95. The Morgan fingerprint density at radius 2 is 2.31 bits per heavy atom. The van der Waals surface area contributed by atoms with E-state index in [0.717, 1.165) is 21.9 Å². The van der Waals surface area contributed by atoms with E-state index in [4.69, 9.17) is 0 Å².